The van der Waals surface area contributed by atoms with Crippen LogP contribution in [0.3, 0.4) is 0 Å². The van der Waals surface area contributed by atoms with Gasteiger partial charge in [-0.1, -0.05) is 31.0 Å². The van der Waals surface area contributed by atoms with E-state index >= 15 is 0 Å². The smallest absolute Gasteiger partial charge is 0.239 e. The Hall–Kier alpha value is -0.550. The second-order valence-corrected chi connectivity index (χ2v) is 6.93. The molecule has 2 unspecified atom stereocenters. The lowest BCUT2D eigenvalue weighted by Crippen LogP contribution is -2.30. The van der Waals surface area contributed by atoms with E-state index in [4.69, 9.17) is 4.74 Å². The quantitative estimate of drug-likeness (QED) is 0.863. The maximum Gasteiger partial charge on any atom is 0.239 e. The molecule has 2 atom stereocenters. The Morgan fingerprint density at radius 3 is 2.84 bits per heavy atom. The van der Waals surface area contributed by atoms with Crippen LogP contribution in [-0.4, -0.2) is 36.1 Å². The Morgan fingerprint density at radius 2 is 2.11 bits per heavy atom. The Kier molecular flexibility index (Phi) is 4.43. The molecule has 0 aromatic heterocycles. The molecule has 1 aliphatic carbocycles. The minimum atomic E-state index is 0.0209. The van der Waals surface area contributed by atoms with Gasteiger partial charge in [0.2, 0.25) is 5.91 Å². The Balaban J connectivity index is 1.53. The third-order valence-electron chi connectivity index (χ3n) is 4.34. The summed E-state index contributed by atoms with van der Waals surface area (Å²) in [6, 6.07) is 0. The fraction of sp³-hybridized carbons (Fsp3) is 0.857. The number of amides is 1. The van der Waals surface area contributed by atoms with Crippen LogP contribution < -0.4 is 5.32 Å². The van der Waals surface area contributed by atoms with Gasteiger partial charge in [-0.2, -0.15) is 0 Å². The van der Waals surface area contributed by atoms with Gasteiger partial charge in [0.25, 0.3) is 0 Å². The summed E-state index contributed by atoms with van der Waals surface area (Å²) >= 11 is 1.61. The molecule has 2 heterocycles. The topological polar surface area (TPSA) is 50.7 Å². The predicted octanol–water partition coefficient (Wildman–Crippen LogP) is 2.19. The molecular weight excluding hydrogens is 260 g/mol. The van der Waals surface area contributed by atoms with Crippen molar-refractivity contribution in [3.8, 4) is 0 Å². The zero-order valence-corrected chi connectivity index (χ0v) is 12.1. The van der Waals surface area contributed by atoms with Crippen molar-refractivity contribution in [3.63, 3.8) is 0 Å². The van der Waals surface area contributed by atoms with Gasteiger partial charge in [0.1, 0.15) is 0 Å². The van der Waals surface area contributed by atoms with Crippen molar-refractivity contribution >= 4 is 22.8 Å². The Bertz CT molecular complexity index is 360. The third-order valence-corrected chi connectivity index (χ3v) is 5.65. The van der Waals surface area contributed by atoms with Gasteiger partial charge in [0.15, 0.2) is 5.17 Å². The molecule has 4 nitrogen and oxygen atoms in total. The van der Waals surface area contributed by atoms with E-state index in [9.17, 15) is 4.79 Å². The third kappa shape index (κ3) is 3.31. The molecule has 1 amide bonds. The number of nitrogens with zero attached hydrogens (tertiary/aromatic N) is 1. The van der Waals surface area contributed by atoms with Crippen molar-refractivity contribution < 1.29 is 9.53 Å². The normalized spacial score (nSPS) is 34.9. The summed E-state index contributed by atoms with van der Waals surface area (Å²) in [5.74, 6) is 1.22. The average Bonchev–Trinajstić information content (AvgIpc) is 3.07. The Labute approximate surface area is 118 Å². The van der Waals surface area contributed by atoms with Gasteiger partial charge in [0, 0.05) is 19.1 Å². The van der Waals surface area contributed by atoms with Gasteiger partial charge >= 0.3 is 0 Å². The van der Waals surface area contributed by atoms with Crippen LogP contribution in [0.4, 0.5) is 0 Å². The monoisotopic (exact) mass is 282 g/mol. The Morgan fingerprint density at radius 1 is 1.26 bits per heavy atom. The molecule has 2 aliphatic heterocycles. The fourth-order valence-corrected chi connectivity index (χ4v) is 4.26. The van der Waals surface area contributed by atoms with Gasteiger partial charge in [0.05, 0.1) is 11.9 Å². The summed E-state index contributed by atoms with van der Waals surface area (Å²) in [4.78, 5) is 16.6. The molecule has 5 heteroatoms. The highest BCUT2D eigenvalue weighted by Crippen LogP contribution is 2.31. The van der Waals surface area contributed by atoms with Crippen molar-refractivity contribution in [2.75, 3.05) is 19.8 Å². The summed E-state index contributed by atoms with van der Waals surface area (Å²) in [7, 11) is 0. The van der Waals surface area contributed by atoms with Crippen LogP contribution in [0.25, 0.3) is 0 Å². The molecule has 3 aliphatic rings. The summed E-state index contributed by atoms with van der Waals surface area (Å²) in [6.45, 7) is 2.40. The summed E-state index contributed by atoms with van der Waals surface area (Å²) in [5.41, 5.74) is 0. The van der Waals surface area contributed by atoms with Gasteiger partial charge in [-0.05, 0) is 25.2 Å². The summed E-state index contributed by atoms with van der Waals surface area (Å²) in [6.07, 6.45) is 7.67. The van der Waals surface area contributed by atoms with Crippen molar-refractivity contribution in [1.29, 1.82) is 0 Å². The highest BCUT2D eigenvalue weighted by Gasteiger charge is 2.38. The molecule has 3 fully saturated rings. The number of rotatable bonds is 3. The van der Waals surface area contributed by atoms with E-state index in [1.54, 1.807) is 11.8 Å². The maximum atomic E-state index is 12.0. The maximum absolute atomic E-state index is 12.0. The SMILES string of the molecule is O=C1NC(=NCC2CCCCC2)SC1C1CCOC1. The lowest BCUT2D eigenvalue weighted by atomic mass is 9.89. The molecule has 19 heavy (non-hydrogen) atoms. The molecule has 0 spiro atoms. The van der Waals surface area contributed by atoms with Crippen molar-refractivity contribution in [2.45, 2.75) is 43.8 Å². The predicted molar refractivity (Wildman–Crippen MR) is 77.3 cm³/mol. The van der Waals surface area contributed by atoms with Gasteiger partial charge in [-0.25, -0.2) is 0 Å². The van der Waals surface area contributed by atoms with Gasteiger partial charge in [-0.3, -0.25) is 9.79 Å². The standard InChI is InChI=1S/C14H22N2O2S/c17-13-12(11-6-7-18-9-11)19-14(16-13)15-8-10-4-2-1-3-5-10/h10-12H,1-9H2,(H,15,16,17). The van der Waals surface area contributed by atoms with E-state index in [0.29, 0.717) is 5.92 Å². The number of ether oxygens (including phenoxy) is 1. The van der Waals surface area contributed by atoms with E-state index in [1.165, 1.54) is 32.1 Å². The van der Waals surface area contributed by atoms with Crippen LogP contribution in [0.15, 0.2) is 4.99 Å². The lowest BCUT2D eigenvalue weighted by molar-refractivity contribution is -0.119. The van der Waals surface area contributed by atoms with E-state index in [-0.39, 0.29) is 11.2 Å². The van der Waals surface area contributed by atoms with E-state index in [2.05, 4.69) is 10.3 Å². The fourth-order valence-electron chi connectivity index (χ4n) is 3.14. The van der Waals surface area contributed by atoms with Crippen LogP contribution in [0.5, 0.6) is 0 Å². The van der Waals surface area contributed by atoms with E-state index < -0.39 is 0 Å². The second kappa shape index (κ2) is 6.27. The van der Waals surface area contributed by atoms with Crippen LogP contribution in [-0.2, 0) is 9.53 Å². The first kappa shape index (κ1) is 13.4. The molecule has 0 bridgehead atoms. The number of thioether (sulfide) groups is 1. The molecule has 0 aromatic rings. The number of carbonyl (C=O) groups excluding carboxylic acids is 1. The molecular formula is C14H22N2O2S. The lowest BCUT2D eigenvalue weighted by Gasteiger charge is -2.19. The first-order chi connectivity index (χ1) is 9.33. The number of hydrogen-bond donors (Lipinski definition) is 1. The molecule has 2 saturated heterocycles. The van der Waals surface area contributed by atoms with E-state index in [0.717, 1.165) is 37.3 Å². The average molecular weight is 282 g/mol. The number of aliphatic imine (C=N–C) groups is 1. The van der Waals surface area contributed by atoms with Gasteiger partial charge in [-0.15, -0.1) is 0 Å². The zero-order chi connectivity index (χ0) is 13.1. The molecule has 106 valence electrons. The van der Waals surface area contributed by atoms with Crippen LogP contribution >= 0.6 is 11.8 Å². The summed E-state index contributed by atoms with van der Waals surface area (Å²) in [5, 5.41) is 3.80. The second-order valence-electron chi connectivity index (χ2n) is 5.80. The van der Waals surface area contributed by atoms with Gasteiger partial charge < -0.3 is 10.1 Å². The molecule has 1 saturated carbocycles. The molecule has 0 radical (unpaired) electrons. The highest BCUT2D eigenvalue weighted by molar-refractivity contribution is 8.15. The number of amidine groups is 1. The summed E-state index contributed by atoms with van der Waals surface area (Å²) < 4.78 is 5.38. The van der Waals surface area contributed by atoms with Crippen LogP contribution in [0, 0.1) is 11.8 Å². The number of hydrogen-bond acceptors (Lipinski definition) is 4. The van der Waals surface area contributed by atoms with Crippen molar-refractivity contribution in [3.05, 3.63) is 0 Å². The first-order valence-electron chi connectivity index (χ1n) is 7.42. The zero-order valence-electron chi connectivity index (χ0n) is 11.3. The van der Waals surface area contributed by atoms with Crippen molar-refractivity contribution in [1.82, 2.24) is 5.32 Å². The molecule has 1 N–H and O–H groups in total. The molecule has 0 aromatic carbocycles. The van der Waals surface area contributed by atoms with Crippen LogP contribution in [0.2, 0.25) is 0 Å². The minimum Gasteiger partial charge on any atom is -0.381 e. The largest absolute Gasteiger partial charge is 0.381 e. The van der Waals surface area contributed by atoms with E-state index in [1.807, 2.05) is 0 Å². The first-order valence-corrected chi connectivity index (χ1v) is 8.30. The minimum absolute atomic E-state index is 0.0209. The van der Waals surface area contributed by atoms with Crippen LogP contribution in [0.1, 0.15) is 38.5 Å². The molecule has 3 rings (SSSR count). The highest BCUT2D eigenvalue weighted by atomic mass is 32.2. The number of carbonyl (C=O) groups is 1. The van der Waals surface area contributed by atoms with Crippen molar-refractivity contribution in [2.24, 2.45) is 16.8 Å². The number of nitrogens with one attached hydrogen (secondary N) is 1.